The van der Waals surface area contributed by atoms with E-state index in [1.54, 1.807) is 18.2 Å². The second kappa shape index (κ2) is 7.00. The third-order valence-corrected chi connectivity index (χ3v) is 4.04. The highest BCUT2D eigenvalue weighted by atomic mass is 32.1. The molecule has 114 valence electrons. The molecule has 6 heteroatoms. The van der Waals surface area contributed by atoms with Crippen molar-refractivity contribution < 1.29 is 14.0 Å². The quantitative estimate of drug-likeness (QED) is 0.832. The Bertz CT molecular complexity index is 707. The first kappa shape index (κ1) is 15.9. The van der Waals surface area contributed by atoms with Crippen LogP contribution in [0.1, 0.15) is 11.8 Å². The van der Waals surface area contributed by atoms with E-state index < -0.39 is 11.9 Å². The Morgan fingerprint density at radius 3 is 2.55 bits per heavy atom. The second-order valence-corrected chi connectivity index (χ2v) is 5.79. The fourth-order valence-electron chi connectivity index (χ4n) is 1.70. The molecule has 0 radical (unpaired) electrons. The molecule has 4 nitrogen and oxygen atoms in total. The van der Waals surface area contributed by atoms with Gasteiger partial charge in [-0.15, -0.1) is 11.3 Å². The number of rotatable bonds is 5. The Labute approximate surface area is 131 Å². The number of primary amides is 1. The zero-order chi connectivity index (χ0) is 16.1. The molecule has 0 aliphatic rings. The molecule has 1 atom stereocenters. The molecule has 2 rings (SSSR count). The first-order chi connectivity index (χ1) is 10.5. The van der Waals surface area contributed by atoms with E-state index in [0.29, 0.717) is 0 Å². The summed E-state index contributed by atoms with van der Waals surface area (Å²) in [7, 11) is 0. The van der Waals surface area contributed by atoms with Crippen LogP contribution in [0.2, 0.25) is 0 Å². The van der Waals surface area contributed by atoms with E-state index in [-0.39, 0.29) is 11.7 Å². The fraction of sp³-hybridized carbons (Fsp3) is 0.125. The van der Waals surface area contributed by atoms with E-state index in [9.17, 15) is 14.0 Å². The highest BCUT2D eigenvalue weighted by Gasteiger charge is 2.09. The van der Waals surface area contributed by atoms with Gasteiger partial charge in [-0.2, -0.15) is 0 Å². The zero-order valence-electron chi connectivity index (χ0n) is 11.9. The van der Waals surface area contributed by atoms with Gasteiger partial charge in [-0.25, -0.2) is 4.39 Å². The van der Waals surface area contributed by atoms with Gasteiger partial charge in [0.2, 0.25) is 11.8 Å². The predicted octanol–water partition coefficient (Wildman–Crippen LogP) is 2.56. The predicted molar refractivity (Wildman–Crippen MR) is 85.5 cm³/mol. The minimum atomic E-state index is -0.713. The number of amides is 2. The van der Waals surface area contributed by atoms with E-state index in [0.717, 1.165) is 15.3 Å². The SMILES string of the molecule is CC(NC(=O)C=Cc1ccc(-c2ccc(F)cc2)s1)C(N)=O. The van der Waals surface area contributed by atoms with E-state index in [2.05, 4.69) is 5.32 Å². The fourth-order valence-corrected chi connectivity index (χ4v) is 2.62. The normalized spacial score (nSPS) is 12.3. The molecule has 1 aromatic heterocycles. The van der Waals surface area contributed by atoms with Gasteiger partial charge in [-0.05, 0) is 42.8 Å². The van der Waals surface area contributed by atoms with Crippen LogP contribution in [0.25, 0.3) is 16.5 Å². The Balaban J connectivity index is 2.02. The van der Waals surface area contributed by atoms with Gasteiger partial charge in [-0.3, -0.25) is 9.59 Å². The smallest absolute Gasteiger partial charge is 0.244 e. The minimum absolute atomic E-state index is 0.277. The van der Waals surface area contributed by atoms with Gasteiger partial charge in [0.25, 0.3) is 0 Å². The van der Waals surface area contributed by atoms with Crippen molar-refractivity contribution >= 4 is 29.2 Å². The maximum Gasteiger partial charge on any atom is 0.244 e. The third-order valence-electron chi connectivity index (χ3n) is 2.94. The Morgan fingerprint density at radius 2 is 1.91 bits per heavy atom. The summed E-state index contributed by atoms with van der Waals surface area (Å²) in [5.74, 6) is -1.25. The molecule has 0 spiro atoms. The number of hydrogen-bond acceptors (Lipinski definition) is 3. The van der Waals surface area contributed by atoms with Gasteiger partial charge >= 0.3 is 0 Å². The van der Waals surface area contributed by atoms with Gasteiger partial charge in [0.05, 0.1) is 0 Å². The maximum atomic E-state index is 12.9. The molecule has 0 bridgehead atoms. The van der Waals surface area contributed by atoms with Crippen molar-refractivity contribution in [3.8, 4) is 10.4 Å². The Morgan fingerprint density at radius 1 is 1.23 bits per heavy atom. The van der Waals surface area contributed by atoms with Crippen molar-refractivity contribution in [2.75, 3.05) is 0 Å². The molecule has 2 aromatic rings. The lowest BCUT2D eigenvalue weighted by Crippen LogP contribution is -2.41. The molecule has 1 aromatic carbocycles. The molecular formula is C16H15FN2O2S. The van der Waals surface area contributed by atoms with Crippen molar-refractivity contribution in [1.29, 1.82) is 0 Å². The topological polar surface area (TPSA) is 72.2 Å². The highest BCUT2D eigenvalue weighted by molar-refractivity contribution is 7.16. The van der Waals surface area contributed by atoms with Crippen LogP contribution in [-0.2, 0) is 9.59 Å². The lowest BCUT2D eigenvalue weighted by Gasteiger charge is -2.06. The molecule has 1 heterocycles. The average Bonchev–Trinajstić information content (AvgIpc) is 2.94. The van der Waals surface area contributed by atoms with Crippen molar-refractivity contribution in [3.63, 3.8) is 0 Å². The number of thiophene rings is 1. The third kappa shape index (κ3) is 4.26. The molecule has 3 N–H and O–H groups in total. The van der Waals surface area contributed by atoms with Crippen molar-refractivity contribution in [2.45, 2.75) is 13.0 Å². The summed E-state index contributed by atoms with van der Waals surface area (Å²) in [5.41, 5.74) is 5.98. The molecule has 0 aliphatic heterocycles. The summed E-state index contributed by atoms with van der Waals surface area (Å²) in [5, 5.41) is 2.46. The van der Waals surface area contributed by atoms with Crippen molar-refractivity contribution in [1.82, 2.24) is 5.32 Å². The summed E-state index contributed by atoms with van der Waals surface area (Å²) in [4.78, 5) is 24.3. The average molecular weight is 318 g/mol. The largest absolute Gasteiger partial charge is 0.368 e. The molecule has 1 unspecified atom stereocenters. The van der Waals surface area contributed by atoms with E-state index in [4.69, 9.17) is 5.73 Å². The highest BCUT2D eigenvalue weighted by Crippen LogP contribution is 2.28. The summed E-state index contributed by atoms with van der Waals surface area (Å²) < 4.78 is 12.9. The summed E-state index contributed by atoms with van der Waals surface area (Å²) >= 11 is 1.48. The Kier molecular flexibility index (Phi) is 5.06. The molecule has 2 amide bonds. The van der Waals surface area contributed by atoms with Crippen LogP contribution in [-0.4, -0.2) is 17.9 Å². The van der Waals surface area contributed by atoms with Crippen LogP contribution in [0.15, 0.2) is 42.5 Å². The number of nitrogens with two attached hydrogens (primary N) is 1. The monoisotopic (exact) mass is 318 g/mol. The molecule has 0 saturated carbocycles. The lowest BCUT2D eigenvalue weighted by molar-refractivity contribution is -0.124. The van der Waals surface area contributed by atoms with Crippen LogP contribution < -0.4 is 11.1 Å². The lowest BCUT2D eigenvalue weighted by atomic mass is 10.2. The van der Waals surface area contributed by atoms with Crippen LogP contribution >= 0.6 is 11.3 Å². The standard InChI is InChI=1S/C16H15FN2O2S/c1-10(16(18)21)19-15(20)9-7-13-6-8-14(22-13)11-2-4-12(17)5-3-11/h2-10H,1H3,(H2,18,21)(H,19,20). The van der Waals surface area contributed by atoms with Gasteiger partial charge in [0.15, 0.2) is 0 Å². The van der Waals surface area contributed by atoms with Crippen LogP contribution in [0.3, 0.4) is 0 Å². The number of halogens is 1. The van der Waals surface area contributed by atoms with Crippen molar-refractivity contribution in [2.24, 2.45) is 5.73 Å². The Hall–Kier alpha value is -2.47. The second-order valence-electron chi connectivity index (χ2n) is 4.67. The van der Waals surface area contributed by atoms with Gasteiger partial charge in [0.1, 0.15) is 11.9 Å². The first-order valence-corrected chi connectivity index (χ1v) is 7.41. The van der Waals surface area contributed by atoms with Gasteiger partial charge in [0, 0.05) is 15.8 Å². The van der Waals surface area contributed by atoms with Crippen LogP contribution in [0, 0.1) is 5.82 Å². The number of nitrogens with one attached hydrogen (secondary N) is 1. The van der Waals surface area contributed by atoms with Crippen molar-refractivity contribution in [3.05, 3.63) is 53.2 Å². The van der Waals surface area contributed by atoms with Crippen LogP contribution in [0.4, 0.5) is 4.39 Å². The molecule has 22 heavy (non-hydrogen) atoms. The van der Waals surface area contributed by atoms with Gasteiger partial charge < -0.3 is 11.1 Å². The summed E-state index contributed by atoms with van der Waals surface area (Å²) in [6.45, 7) is 1.52. The van der Waals surface area contributed by atoms with Gasteiger partial charge in [-0.1, -0.05) is 12.1 Å². The molecule has 0 saturated heterocycles. The molecule has 0 aliphatic carbocycles. The number of carbonyl (C=O) groups is 2. The van der Waals surface area contributed by atoms with E-state index >= 15 is 0 Å². The summed E-state index contributed by atoms with van der Waals surface area (Å²) in [6, 6.07) is 9.28. The minimum Gasteiger partial charge on any atom is -0.368 e. The summed E-state index contributed by atoms with van der Waals surface area (Å²) in [6.07, 6.45) is 3.00. The maximum absolute atomic E-state index is 12.9. The molecule has 0 fully saturated rings. The zero-order valence-corrected chi connectivity index (χ0v) is 12.7. The number of carbonyl (C=O) groups excluding carboxylic acids is 2. The van der Waals surface area contributed by atoms with E-state index in [1.165, 1.54) is 36.5 Å². The number of hydrogen-bond donors (Lipinski definition) is 2. The van der Waals surface area contributed by atoms with E-state index in [1.807, 2.05) is 12.1 Å². The van der Waals surface area contributed by atoms with Crippen LogP contribution in [0.5, 0.6) is 0 Å². The first-order valence-electron chi connectivity index (χ1n) is 6.59. The number of benzene rings is 1. The molecular weight excluding hydrogens is 303 g/mol.